The Morgan fingerprint density at radius 2 is 1.76 bits per heavy atom. The summed E-state index contributed by atoms with van der Waals surface area (Å²) >= 11 is 0. The van der Waals surface area contributed by atoms with Gasteiger partial charge in [-0.15, -0.1) is 0 Å². The van der Waals surface area contributed by atoms with Gasteiger partial charge >= 0.3 is 5.97 Å². The maximum Gasteiger partial charge on any atom is 0.322 e. The van der Waals surface area contributed by atoms with E-state index in [0.717, 1.165) is 0 Å². The zero-order valence-electron chi connectivity index (χ0n) is 9.84. The van der Waals surface area contributed by atoms with E-state index >= 15 is 0 Å². The normalized spacial score (nSPS) is 11.1. The molecule has 1 aromatic carbocycles. The number of hydrogen-bond donors (Lipinski definition) is 2. The van der Waals surface area contributed by atoms with Crippen molar-refractivity contribution in [2.45, 2.75) is 6.92 Å². The quantitative estimate of drug-likeness (QED) is 0.582. The molecular weight excluding hydrogens is 224 g/mol. The number of aliphatic hydroxyl groups excluding tert-OH is 2. The highest BCUT2D eigenvalue weighted by molar-refractivity contribution is 5.79. The van der Waals surface area contributed by atoms with Crippen molar-refractivity contribution in [2.24, 2.45) is 5.41 Å². The van der Waals surface area contributed by atoms with E-state index in [2.05, 4.69) is 0 Å². The summed E-state index contributed by atoms with van der Waals surface area (Å²) in [5.41, 5.74) is -1.32. The molecule has 0 aliphatic heterocycles. The summed E-state index contributed by atoms with van der Waals surface area (Å²) in [6.45, 7) is 0.444. The van der Waals surface area contributed by atoms with E-state index in [1.54, 1.807) is 24.3 Å². The molecule has 0 aliphatic carbocycles. The molecule has 0 aromatic heterocycles. The molecule has 0 fully saturated rings. The lowest BCUT2D eigenvalue weighted by atomic mass is 9.93. The second kappa shape index (κ2) is 5.65. The number of esters is 1. The Labute approximate surface area is 99.6 Å². The fraction of sp³-hybridized carbons (Fsp3) is 0.417. The summed E-state index contributed by atoms with van der Waals surface area (Å²) < 4.78 is 10.1. The number of carbonyl (C=O) groups is 1. The smallest absolute Gasteiger partial charge is 0.322 e. The molecule has 0 spiro atoms. The van der Waals surface area contributed by atoms with Gasteiger partial charge in [0.1, 0.15) is 5.41 Å². The molecule has 0 radical (unpaired) electrons. The van der Waals surface area contributed by atoms with Crippen LogP contribution in [0.2, 0.25) is 0 Å². The number of rotatable bonds is 5. The molecule has 1 aromatic rings. The summed E-state index contributed by atoms with van der Waals surface area (Å²) in [7, 11) is 1.46. The highest BCUT2D eigenvalue weighted by atomic mass is 16.6. The number of ether oxygens (including phenoxy) is 2. The molecule has 0 amide bonds. The van der Waals surface area contributed by atoms with Crippen molar-refractivity contribution < 1.29 is 24.5 Å². The standard InChI is InChI=1S/C12H16O5/c1-12(7-13,8-14)11(15)17-10-6-4-3-5-9(10)16-2/h3-6,13-14H,7-8H2,1-2H3. The SMILES string of the molecule is COc1ccccc1OC(=O)C(C)(CO)CO. The van der Waals surface area contributed by atoms with Crippen LogP contribution in [0.25, 0.3) is 0 Å². The highest BCUT2D eigenvalue weighted by Gasteiger charge is 2.34. The van der Waals surface area contributed by atoms with Crippen LogP contribution < -0.4 is 9.47 Å². The Balaban J connectivity index is 2.87. The molecule has 0 saturated heterocycles. The minimum atomic E-state index is -1.32. The molecule has 2 N–H and O–H groups in total. The summed E-state index contributed by atoms with van der Waals surface area (Å²) in [6, 6.07) is 6.66. The number of para-hydroxylation sites is 2. The first-order valence-electron chi connectivity index (χ1n) is 5.14. The van der Waals surface area contributed by atoms with Gasteiger partial charge in [0.2, 0.25) is 0 Å². The Hall–Kier alpha value is -1.59. The van der Waals surface area contributed by atoms with E-state index < -0.39 is 24.6 Å². The monoisotopic (exact) mass is 240 g/mol. The van der Waals surface area contributed by atoms with Crippen LogP contribution in [0.3, 0.4) is 0 Å². The lowest BCUT2D eigenvalue weighted by molar-refractivity contribution is -0.150. The molecule has 5 heteroatoms. The number of hydrogen-bond acceptors (Lipinski definition) is 5. The second-order valence-corrected chi connectivity index (χ2v) is 3.92. The summed E-state index contributed by atoms with van der Waals surface area (Å²) in [6.07, 6.45) is 0. The van der Waals surface area contributed by atoms with Gasteiger partial charge in [-0.1, -0.05) is 12.1 Å². The van der Waals surface area contributed by atoms with Crippen LogP contribution in [0.15, 0.2) is 24.3 Å². The Bertz CT molecular complexity index is 384. The molecule has 0 bridgehead atoms. The molecule has 1 rings (SSSR count). The predicted molar refractivity (Wildman–Crippen MR) is 60.9 cm³/mol. The third-order valence-corrected chi connectivity index (χ3v) is 2.46. The first-order valence-corrected chi connectivity index (χ1v) is 5.14. The van der Waals surface area contributed by atoms with Crippen molar-refractivity contribution in [2.75, 3.05) is 20.3 Å². The second-order valence-electron chi connectivity index (χ2n) is 3.92. The Morgan fingerprint density at radius 3 is 2.24 bits per heavy atom. The van der Waals surface area contributed by atoms with E-state index in [0.29, 0.717) is 5.75 Å². The van der Waals surface area contributed by atoms with Crippen molar-refractivity contribution in [3.05, 3.63) is 24.3 Å². The first kappa shape index (κ1) is 13.5. The molecular formula is C12H16O5. The van der Waals surface area contributed by atoms with Gasteiger partial charge in [-0.2, -0.15) is 0 Å². The van der Waals surface area contributed by atoms with Gasteiger partial charge in [-0.3, -0.25) is 4.79 Å². The third kappa shape index (κ3) is 2.95. The number of methoxy groups -OCH3 is 1. The van der Waals surface area contributed by atoms with Gasteiger partial charge in [-0.25, -0.2) is 0 Å². The average Bonchev–Trinajstić information content (AvgIpc) is 2.38. The van der Waals surface area contributed by atoms with E-state index in [9.17, 15) is 4.79 Å². The van der Waals surface area contributed by atoms with Crippen molar-refractivity contribution in [3.63, 3.8) is 0 Å². The summed E-state index contributed by atoms with van der Waals surface area (Å²) in [5, 5.41) is 18.1. The van der Waals surface area contributed by atoms with Gasteiger partial charge in [0.15, 0.2) is 11.5 Å². The first-order chi connectivity index (χ1) is 8.07. The highest BCUT2D eigenvalue weighted by Crippen LogP contribution is 2.28. The molecule has 94 valence electrons. The molecule has 5 nitrogen and oxygen atoms in total. The Morgan fingerprint density at radius 1 is 1.24 bits per heavy atom. The molecule has 0 atom stereocenters. The van der Waals surface area contributed by atoms with Crippen LogP contribution in [0, 0.1) is 5.41 Å². The van der Waals surface area contributed by atoms with Gasteiger partial charge in [-0.05, 0) is 19.1 Å². The number of aliphatic hydroxyl groups is 2. The van der Waals surface area contributed by atoms with Crippen molar-refractivity contribution in [1.82, 2.24) is 0 Å². The van der Waals surface area contributed by atoms with Crippen molar-refractivity contribution >= 4 is 5.97 Å². The van der Waals surface area contributed by atoms with E-state index in [1.807, 2.05) is 0 Å². The summed E-state index contributed by atoms with van der Waals surface area (Å²) in [4.78, 5) is 11.8. The predicted octanol–water partition coefficient (Wildman–Crippen LogP) is 0.591. The van der Waals surface area contributed by atoms with Crippen LogP contribution >= 0.6 is 0 Å². The average molecular weight is 240 g/mol. The maximum atomic E-state index is 11.8. The Kier molecular flexibility index (Phi) is 4.48. The lowest BCUT2D eigenvalue weighted by Gasteiger charge is -2.22. The zero-order chi connectivity index (χ0) is 12.9. The molecule has 0 saturated carbocycles. The van der Waals surface area contributed by atoms with Gasteiger partial charge in [0, 0.05) is 0 Å². The topological polar surface area (TPSA) is 76.0 Å². The minimum absolute atomic E-state index is 0.258. The minimum Gasteiger partial charge on any atom is -0.493 e. The fourth-order valence-electron chi connectivity index (χ4n) is 1.11. The zero-order valence-corrected chi connectivity index (χ0v) is 9.84. The number of benzene rings is 1. The molecule has 0 unspecified atom stereocenters. The molecule has 0 aliphatic rings. The van der Waals surface area contributed by atoms with E-state index in [4.69, 9.17) is 19.7 Å². The number of carbonyl (C=O) groups excluding carboxylic acids is 1. The van der Waals surface area contributed by atoms with Crippen LogP contribution in [0.5, 0.6) is 11.5 Å². The lowest BCUT2D eigenvalue weighted by Crippen LogP contribution is -2.38. The fourth-order valence-corrected chi connectivity index (χ4v) is 1.11. The van der Waals surface area contributed by atoms with Crippen LogP contribution in [-0.4, -0.2) is 36.5 Å². The van der Waals surface area contributed by atoms with Crippen molar-refractivity contribution in [3.8, 4) is 11.5 Å². The molecule has 17 heavy (non-hydrogen) atoms. The van der Waals surface area contributed by atoms with Crippen LogP contribution in [0.1, 0.15) is 6.92 Å². The molecule has 0 heterocycles. The van der Waals surface area contributed by atoms with Crippen molar-refractivity contribution in [1.29, 1.82) is 0 Å². The maximum absolute atomic E-state index is 11.8. The largest absolute Gasteiger partial charge is 0.493 e. The summed E-state index contributed by atoms with van der Waals surface area (Å²) in [5.74, 6) is -0.0285. The third-order valence-electron chi connectivity index (χ3n) is 2.46. The van der Waals surface area contributed by atoms with E-state index in [-0.39, 0.29) is 5.75 Å². The van der Waals surface area contributed by atoms with Gasteiger partial charge in [0.05, 0.1) is 20.3 Å². The van der Waals surface area contributed by atoms with Crippen LogP contribution in [0.4, 0.5) is 0 Å². The van der Waals surface area contributed by atoms with Gasteiger partial charge in [0.25, 0.3) is 0 Å². The van der Waals surface area contributed by atoms with Crippen LogP contribution in [-0.2, 0) is 4.79 Å². The van der Waals surface area contributed by atoms with E-state index in [1.165, 1.54) is 14.0 Å². The van der Waals surface area contributed by atoms with Gasteiger partial charge < -0.3 is 19.7 Å².